The van der Waals surface area contributed by atoms with Gasteiger partial charge >= 0.3 is 0 Å². The Hall–Kier alpha value is -3.28. The number of amides is 1. The highest BCUT2D eigenvalue weighted by atomic mass is 16.5. The molecule has 1 fully saturated rings. The van der Waals surface area contributed by atoms with Crippen molar-refractivity contribution < 1.29 is 14.3 Å². The fourth-order valence-electron chi connectivity index (χ4n) is 3.51. The smallest absolute Gasteiger partial charge is 0.260 e. The van der Waals surface area contributed by atoms with Gasteiger partial charge in [-0.3, -0.25) is 9.78 Å². The number of pyridine rings is 1. The van der Waals surface area contributed by atoms with E-state index in [1.54, 1.807) is 13.2 Å². The number of ether oxygens (including phenoxy) is 2. The van der Waals surface area contributed by atoms with Gasteiger partial charge in [-0.2, -0.15) is 0 Å². The molecule has 0 N–H and O–H groups in total. The van der Waals surface area contributed by atoms with Crippen LogP contribution in [0.3, 0.4) is 0 Å². The highest BCUT2D eigenvalue weighted by Gasteiger charge is 2.23. The van der Waals surface area contributed by atoms with Gasteiger partial charge in [0, 0.05) is 37.8 Å². The van der Waals surface area contributed by atoms with Gasteiger partial charge in [-0.25, -0.2) is 0 Å². The zero-order chi connectivity index (χ0) is 19.3. The Morgan fingerprint density at radius 1 is 0.964 bits per heavy atom. The normalized spacial score (nSPS) is 14.2. The third-order valence-electron chi connectivity index (χ3n) is 5.00. The average molecular weight is 377 g/mol. The lowest BCUT2D eigenvalue weighted by atomic mass is 10.1. The first-order valence-corrected chi connectivity index (χ1v) is 9.38. The summed E-state index contributed by atoms with van der Waals surface area (Å²) < 4.78 is 10.9. The number of aromatic nitrogens is 1. The van der Waals surface area contributed by atoms with Crippen molar-refractivity contribution in [3.05, 3.63) is 60.8 Å². The van der Waals surface area contributed by atoms with Crippen LogP contribution in [0, 0.1) is 0 Å². The van der Waals surface area contributed by atoms with E-state index in [9.17, 15) is 4.79 Å². The molecular weight excluding hydrogens is 354 g/mol. The van der Waals surface area contributed by atoms with Crippen molar-refractivity contribution >= 4 is 22.5 Å². The Labute approximate surface area is 164 Å². The molecule has 0 bridgehead atoms. The molecule has 1 aliphatic rings. The van der Waals surface area contributed by atoms with E-state index < -0.39 is 0 Å². The average Bonchev–Trinajstić information content (AvgIpc) is 2.77. The summed E-state index contributed by atoms with van der Waals surface area (Å²) in [6.45, 7) is 2.89. The molecule has 6 nitrogen and oxygen atoms in total. The first-order valence-electron chi connectivity index (χ1n) is 9.38. The first kappa shape index (κ1) is 18.1. The number of benzene rings is 2. The van der Waals surface area contributed by atoms with Crippen molar-refractivity contribution in [1.29, 1.82) is 0 Å². The van der Waals surface area contributed by atoms with Crippen molar-refractivity contribution in [3.8, 4) is 11.5 Å². The third kappa shape index (κ3) is 3.71. The van der Waals surface area contributed by atoms with Gasteiger partial charge in [0.2, 0.25) is 0 Å². The molecule has 0 radical (unpaired) electrons. The number of carbonyl (C=O) groups excluding carboxylic acids is 1. The fourth-order valence-corrected chi connectivity index (χ4v) is 3.51. The van der Waals surface area contributed by atoms with Gasteiger partial charge in [0.05, 0.1) is 18.3 Å². The first-order chi connectivity index (χ1) is 13.8. The summed E-state index contributed by atoms with van der Waals surface area (Å²) in [6, 6.07) is 17.6. The van der Waals surface area contributed by atoms with Crippen LogP contribution in [0.5, 0.6) is 11.5 Å². The molecule has 1 aromatic heterocycles. The molecule has 144 valence electrons. The minimum atomic E-state index is -0.0124. The van der Waals surface area contributed by atoms with Crippen LogP contribution in [0.1, 0.15) is 0 Å². The number of hydrogen-bond acceptors (Lipinski definition) is 5. The topological polar surface area (TPSA) is 54.9 Å². The zero-order valence-electron chi connectivity index (χ0n) is 15.9. The number of hydrogen-bond donors (Lipinski definition) is 0. The number of para-hydroxylation sites is 3. The number of carbonyl (C=O) groups is 1. The molecule has 28 heavy (non-hydrogen) atoms. The highest BCUT2D eigenvalue weighted by molar-refractivity contribution is 5.90. The van der Waals surface area contributed by atoms with Gasteiger partial charge in [0.25, 0.3) is 5.91 Å². The maximum atomic E-state index is 12.6. The van der Waals surface area contributed by atoms with Gasteiger partial charge in [0.15, 0.2) is 18.1 Å². The molecule has 1 aliphatic heterocycles. The Morgan fingerprint density at radius 3 is 2.50 bits per heavy atom. The quantitative estimate of drug-likeness (QED) is 0.684. The molecule has 3 aromatic rings. The molecule has 1 amide bonds. The van der Waals surface area contributed by atoms with Crippen LogP contribution >= 0.6 is 0 Å². The van der Waals surface area contributed by atoms with E-state index in [-0.39, 0.29) is 12.5 Å². The highest BCUT2D eigenvalue weighted by Crippen LogP contribution is 2.27. The van der Waals surface area contributed by atoms with E-state index in [1.807, 2.05) is 35.4 Å². The SMILES string of the molecule is COc1ccccc1OCC(=O)N1CCN(c2cccc3cccnc23)CC1. The van der Waals surface area contributed by atoms with Crippen LogP contribution in [0.25, 0.3) is 10.9 Å². The predicted octanol–water partition coefficient (Wildman–Crippen LogP) is 2.97. The summed E-state index contributed by atoms with van der Waals surface area (Å²) >= 11 is 0. The van der Waals surface area contributed by atoms with Crippen molar-refractivity contribution in [3.63, 3.8) is 0 Å². The van der Waals surface area contributed by atoms with E-state index in [0.29, 0.717) is 24.6 Å². The minimum absolute atomic E-state index is 0.0101. The molecule has 0 spiro atoms. The van der Waals surface area contributed by atoms with E-state index in [4.69, 9.17) is 9.47 Å². The Bertz CT molecular complexity index is 963. The lowest BCUT2D eigenvalue weighted by molar-refractivity contribution is -0.133. The van der Waals surface area contributed by atoms with Crippen LogP contribution in [0.15, 0.2) is 60.8 Å². The number of piperazine rings is 1. The Balaban J connectivity index is 1.36. The minimum Gasteiger partial charge on any atom is -0.493 e. The lowest BCUT2D eigenvalue weighted by Crippen LogP contribution is -2.50. The molecule has 1 saturated heterocycles. The second-order valence-electron chi connectivity index (χ2n) is 6.66. The zero-order valence-corrected chi connectivity index (χ0v) is 15.9. The van der Waals surface area contributed by atoms with E-state index in [2.05, 4.69) is 34.1 Å². The largest absolute Gasteiger partial charge is 0.493 e. The molecule has 0 atom stereocenters. The van der Waals surface area contributed by atoms with E-state index >= 15 is 0 Å². The summed E-state index contributed by atoms with van der Waals surface area (Å²) in [5.41, 5.74) is 2.12. The van der Waals surface area contributed by atoms with Crippen molar-refractivity contribution in [1.82, 2.24) is 9.88 Å². The number of fused-ring (bicyclic) bond motifs is 1. The van der Waals surface area contributed by atoms with Gasteiger partial charge in [-0.1, -0.05) is 30.3 Å². The summed E-state index contributed by atoms with van der Waals surface area (Å²) in [7, 11) is 1.59. The van der Waals surface area contributed by atoms with Crippen LogP contribution in [0.2, 0.25) is 0 Å². The lowest BCUT2D eigenvalue weighted by Gasteiger charge is -2.36. The molecule has 0 saturated carbocycles. The summed E-state index contributed by atoms with van der Waals surface area (Å²) in [6.07, 6.45) is 1.82. The monoisotopic (exact) mass is 377 g/mol. The number of anilines is 1. The molecule has 2 heterocycles. The Kier molecular flexibility index (Phi) is 5.28. The van der Waals surface area contributed by atoms with Gasteiger partial charge in [0.1, 0.15) is 0 Å². The van der Waals surface area contributed by atoms with Crippen molar-refractivity contribution in [2.24, 2.45) is 0 Å². The van der Waals surface area contributed by atoms with E-state index in [0.717, 1.165) is 29.7 Å². The van der Waals surface area contributed by atoms with Gasteiger partial charge < -0.3 is 19.3 Å². The van der Waals surface area contributed by atoms with Crippen molar-refractivity contribution in [2.45, 2.75) is 0 Å². The standard InChI is InChI=1S/C22H23N3O3/c1-27-19-9-2-3-10-20(19)28-16-21(26)25-14-12-24(13-15-25)18-8-4-6-17-7-5-11-23-22(17)18/h2-11H,12-16H2,1H3. The number of rotatable bonds is 5. The van der Waals surface area contributed by atoms with Crippen molar-refractivity contribution in [2.75, 3.05) is 44.8 Å². The second-order valence-corrected chi connectivity index (χ2v) is 6.66. The van der Waals surface area contributed by atoms with Crippen LogP contribution in [-0.4, -0.2) is 55.7 Å². The van der Waals surface area contributed by atoms with Gasteiger partial charge in [-0.05, 0) is 24.3 Å². The van der Waals surface area contributed by atoms with Crippen LogP contribution < -0.4 is 14.4 Å². The second kappa shape index (κ2) is 8.17. The predicted molar refractivity (Wildman–Crippen MR) is 109 cm³/mol. The number of nitrogens with zero attached hydrogens (tertiary/aromatic N) is 3. The molecule has 0 unspecified atom stereocenters. The molecular formula is C22H23N3O3. The van der Waals surface area contributed by atoms with E-state index in [1.165, 1.54) is 0 Å². The van der Waals surface area contributed by atoms with Gasteiger partial charge in [-0.15, -0.1) is 0 Å². The number of methoxy groups -OCH3 is 1. The van der Waals surface area contributed by atoms with Crippen LogP contribution in [-0.2, 0) is 4.79 Å². The summed E-state index contributed by atoms with van der Waals surface area (Å²) in [4.78, 5) is 21.2. The molecule has 2 aromatic carbocycles. The van der Waals surface area contributed by atoms with Crippen LogP contribution in [0.4, 0.5) is 5.69 Å². The maximum absolute atomic E-state index is 12.6. The molecule has 0 aliphatic carbocycles. The molecule has 6 heteroatoms. The summed E-state index contributed by atoms with van der Waals surface area (Å²) in [5, 5.41) is 1.13. The Morgan fingerprint density at radius 2 is 1.71 bits per heavy atom. The maximum Gasteiger partial charge on any atom is 0.260 e. The summed E-state index contributed by atoms with van der Waals surface area (Å²) in [5.74, 6) is 1.20. The molecule has 4 rings (SSSR count). The third-order valence-corrected chi connectivity index (χ3v) is 5.00. The fraction of sp³-hybridized carbons (Fsp3) is 0.273.